The monoisotopic (exact) mass is 452 g/mol. The van der Waals surface area contributed by atoms with Crippen LogP contribution in [0.5, 0.6) is 0 Å². The molecular formula is C24H21ClN2O3S. The molecule has 1 aromatic heterocycles. The maximum absolute atomic E-state index is 13.4. The second-order valence-corrected chi connectivity index (χ2v) is 8.71. The standard InChI is InChI=1S/C24H21ClN2O3S/c1-4-30-23(29)20-15(3)26-24-27(21(20)17-9-11-18(25)12-10-17)22(28)19(31-24)13-16-7-5-14(2)6-8-16/h5-13,21H,4H2,1-3H3/b19-13-/t21-/m1/s1. The van der Waals surface area contributed by atoms with Crippen molar-refractivity contribution in [2.24, 2.45) is 4.99 Å². The van der Waals surface area contributed by atoms with Gasteiger partial charge < -0.3 is 4.74 Å². The highest BCUT2D eigenvalue weighted by molar-refractivity contribution is 7.07. The third kappa shape index (κ3) is 4.13. The molecule has 0 N–H and O–H groups in total. The molecule has 4 rings (SSSR count). The molecule has 0 unspecified atom stereocenters. The molecule has 1 atom stereocenters. The zero-order valence-corrected chi connectivity index (χ0v) is 19.0. The molecule has 2 heterocycles. The van der Waals surface area contributed by atoms with Gasteiger partial charge in [-0.05, 0) is 50.1 Å². The normalized spacial score (nSPS) is 16.1. The number of carbonyl (C=O) groups is 1. The lowest BCUT2D eigenvalue weighted by Gasteiger charge is -2.24. The summed E-state index contributed by atoms with van der Waals surface area (Å²) < 4.78 is 7.42. The Balaban J connectivity index is 1.94. The van der Waals surface area contributed by atoms with Gasteiger partial charge >= 0.3 is 5.97 Å². The second-order valence-electron chi connectivity index (χ2n) is 7.26. The smallest absolute Gasteiger partial charge is 0.338 e. The van der Waals surface area contributed by atoms with Crippen molar-refractivity contribution < 1.29 is 9.53 Å². The number of hydrogen-bond donors (Lipinski definition) is 0. The lowest BCUT2D eigenvalue weighted by atomic mass is 9.96. The molecule has 0 saturated carbocycles. The topological polar surface area (TPSA) is 60.7 Å². The molecule has 0 spiro atoms. The quantitative estimate of drug-likeness (QED) is 0.566. The minimum Gasteiger partial charge on any atom is -0.463 e. The Morgan fingerprint density at radius 2 is 1.84 bits per heavy atom. The largest absolute Gasteiger partial charge is 0.463 e. The van der Waals surface area contributed by atoms with Crippen molar-refractivity contribution in [1.29, 1.82) is 0 Å². The summed E-state index contributed by atoms with van der Waals surface area (Å²) in [6.07, 6.45) is 1.85. The average Bonchev–Trinajstić information content (AvgIpc) is 3.04. The van der Waals surface area contributed by atoms with Gasteiger partial charge in [-0.25, -0.2) is 9.79 Å². The molecule has 2 aromatic carbocycles. The molecule has 31 heavy (non-hydrogen) atoms. The summed E-state index contributed by atoms with van der Waals surface area (Å²) >= 11 is 7.38. The lowest BCUT2D eigenvalue weighted by Crippen LogP contribution is -2.39. The van der Waals surface area contributed by atoms with Crippen molar-refractivity contribution in [3.05, 3.63) is 101 Å². The summed E-state index contributed by atoms with van der Waals surface area (Å²) in [7, 11) is 0. The number of esters is 1. The van der Waals surface area contributed by atoms with E-state index in [2.05, 4.69) is 4.99 Å². The van der Waals surface area contributed by atoms with Crippen molar-refractivity contribution in [2.45, 2.75) is 26.8 Å². The minimum absolute atomic E-state index is 0.196. The van der Waals surface area contributed by atoms with Gasteiger partial charge in [0.25, 0.3) is 5.56 Å². The van der Waals surface area contributed by atoms with Gasteiger partial charge in [0.15, 0.2) is 4.80 Å². The first kappa shape index (κ1) is 21.3. The van der Waals surface area contributed by atoms with Gasteiger partial charge in [-0.1, -0.05) is 64.9 Å². The van der Waals surface area contributed by atoms with Crippen LogP contribution in [0.1, 0.15) is 36.6 Å². The SMILES string of the molecule is CCOC(=O)C1=C(C)N=c2s/c(=C\c3ccc(C)cc3)c(=O)n2[C@@H]1c1ccc(Cl)cc1. The molecule has 0 aliphatic carbocycles. The first-order valence-corrected chi connectivity index (χ1v) is 11.1. The number of hydrogen-bond acceptors (Lipinski definition) is 5. The van der Waals surface area contributed by atoms with E-state index in [1.165, 1.54) is 11.3 Å². The third-order valence-electron chi connectivity index (χ3n) is 5.08. The number of allylic oxidation sites excluding steroid dienone is 1. The summed E-state index contributed by atoms with van der Waals surface area (Å²) in [5.41, 5.74) is 3.56. The molecule has 0 amide bonds. The summed E-state index contributed by atoms with van der Waals surface area (Å²) in [6, 6.07) is 14.5. The number of aromatic nitrogens is 1. The van der Waals surface area contributed by atoms with Crippen molar-refractivity contribution in [1.82, 2.24) is 4.57 Å². The van der Waals surface area contributed by atoms with E-state index in [4.69, 9.17) is 16.3 Å². The number of rotatable bonds is 4. The molecule has 0 saturated heterocycles. The number of benzene rings is 2. The Morgan fingerprint density at radius 1 is 1.16 bits per heavy atom. The fourth-order valence-corrected chi connectivity index (χ4v) is 4.74. The highest BCUT2D eigenvalue weighted by Gasteiger charge is 2.33. The van der Waals surface area contributed by atoms with E-state index in [0.29, 0.717) is 25.6 Å². The van der Waals surface area contributed by atoms with Crippen LogP contribution in [0.15, 0.2) is 69.6 Å². The lowest BCUT2D eigenvalue weighted by molar-refractivity contribution is -0.139. The van der Waals surface area contributed by atoms with Crippen LogP contribution in [-0.2, 0) is 9.53 Å². The number of thiazole rings is 1. The zero-order valence-electron chi connectivity index (χ0n) is 17.4. The van der Waals surface area contributed by atoms with Gasteiger partial charge in [0.2, 0.25) is 0 Å². The Hall–Kier alpha value is -2.96. The summed E-state index contributed by atoms with van der Waals surface area (Å²) in [5.74, 6) is -0.475. The number of ether oxygens (including phenoxy) is 1. The Kier molecular flexibility index (Phi) is 5.94. The van der Waals surface area contributed by atoms with Gasteiger partial charge in [-0.3, -0.25) is 9.36 Å². The molecule has 0 fully saturated rings. The van der Waals surface area contributed by atoms with Crippen LogP contribution >= 0.6 is 22.9 Å². The van der Waals surface area contributed by atoms with E-state index in [1.54, 1.807) is 30.5 Å². The average molecular weight is 453 g/mol. The van der Waals surface area contributed by atoms with Crippen molar-refractivity contribution in [3.63, 3.8) is 0 Å². The van der Waals surface area contributed by atoms with Crippen LogP contribution in [0.3, 0.4) is 0 Å². The molecular weight excluding hydrogens is 432 g/mol. The predicted octanol–water partition coefficient (Wildman–Crippen LogP) is 3.76. The Morgan fingerprint density at radius 3 is 2.48 bits per heavy atom. The van der Waals surface area contributed by atoms with Crippen molar-refractivity contribution in [2.75, 3.05) is 6.61 Å². The van der Waals surface area contributed by atoms with Crippen LogP contribution in [0.25, 0.3) is 6.08 Å². The molecule has 158 valence electrons. The van der Waals surface area contributed by atoms with Crippen LogP contribution < -0.4 is 14.9 Å². The third-order valence-corrected chi connectivity index (χ3v) is 6.31. The van der Waals surface area contributed by atoms with Gasteiger partial charge in [-0.2, -0.15) is 0 Å². The first-order chi connectivity index (χ1) is 14.9. The van der Waals surface area contributed by atoms with Gasteiger partial charge in [0.1, 0.15) is 0 Å². The summed E-state index contributed by atoms with van der Waals surface area (Å²) in [4.78, 5) is 31.4. The van der Waals surface area contributed by atoms with Gasteiger partial charge in [-0.15, -0.1) is 0 Å². The van der Waals surface area contributed by atoms with Crippen molar-refractivity contribution in [3.8, 4) is 0 Å². The van der Waals surface area contributed by atoms with Crippen LogP contribution in [0.4, 0.5) is 0 Å². The van der Waals surface area contributed by atoms with E-state index in [1.807, 2.05) is 49.4 Å². The molecule has 1 aliphatic heterocycles. The van der Waals surface area contributed by atoms with E-state index in [9.17, 15) is 9.59 Å². The molecule has 0 radical (unpaired) electrons. The molecule has 1 aliphatic rings. The van der Waals surface area contributed by atoms with Crippen molar-refractivity contribution >= 4 is 35.0 Å². The number of fused-ring (bicyclic) bond motifs is 1. The molecule has 0 bridgehead atoms. The van der Waals surface area contributed by atoms with E-state index in [0.717, 1.165) is 16.7 Å². The van der Waals surface area contributed by atoms with Gasteiger partial charge in [0, 0.05) is 5.02 Å². The summed E-state index contributed by atoms with van der Waals surface area (Å²) in [5, 5.41) is 0.578. The van der Waals surface area contributed by atoms with Crippen LogP contribution in [0.2, 0.25) is 5.02 Å². The van der Waals surface area contributed by atoms with Crippen LogP contribution in [0, 0.1) is 6.92 Å². The highest BCUT2D eigenvalue weighted by atomic mass is 35.5. The maximum atomic E-state index is 13.4. The minimum atomic E-state index is -0.632. The Labute approximate surface area is 188 Å². The second kappa shape index (κ2) is 8.65. The molecule has 7 heteroatoms. The van der Waals surface area contributed by atoms with E-state index >= 15 is 0 Å². The zero-order chi connectivity index (χ0) is 22.1. The van der Waals surface area contributed by atoms with Gasteiger partial charge in [0.05, 0.1) is 28.5 Å². The maximum Gasteiger partial charge on any atom is 0.338 e. The number of halogens is 1. The Bertz CT molecular complexity index is 1350. The summed E-state index contributed by atoms with van der Waals surface area (Å²) in [6.45, 7) is 5.78. The number of carbonyl (C=O) groups excluding carboxylic acids is 1. The van der Waals surface area contributed by atoms with E-state index < -0.39 is 12.0 Å². The molecule has 5 nitrogen and oxygen atoms in total. The van der Waals surface area contributed by atoms with Crippen LogP contribution in [-0.4, -0.2) is 17.1 Å². The van der Waals surface area contributed by atoms with E-state index in [-0.39, 0.29) is 12.2 Å². The fraction of sp³-hybridized carbons (Fsp3) is 0.208. The first-order valence-electron chi connectivity index (χ1n) is 9.91. The fourth-order valence-electron chi connectivity index (χ4n) is 3.57. The number of nitrogens with zero attached hydrogens (tertiary/aromatic N) is 2. The number of aryl methyl sites for hydroxylation is 1. The predicted molar refractivity (Wildman–Crippen MR) is 123 cm³/mol. The highest BCUT2D eigenvalue weighted by Crippen LogP contribution is 2.31. The molecule has 3 aromatic rings.